The van der Waals surface area contributed by atoms with E-state index in [4.69, 9.17) is 9.47 Å². The van der Waals surface area contributed by atoms with E-state index in [1.165, 1.54) is 12.0 Å². The monoisotopic (exact) mass is 342 g/mol. The largest absolute Gasteiger partial charge is 0.495 e. The number of aryl methyl sites for hydroxylation is 2. The molecule has 1 aliphatic rings. The third-order valence-corrected chi connectivity index (χ3v) is 5.37. The molecule has 1 heterocycles. The molecule has 0 saturated carbocycles. The first-order chi connectivity index (χ1) is 10.7. The number of carbonyl (C=O) groups excluding carboxylic acids is 1. The van der Waals surface area contributed by atoms with Gasteiger partial charge in [-0.25, -0.2) is 17.9 Å². The average molecular weight is 342 g/mol. The molecule has 0 radical (unpaired) electrons. The van der Waals surface area contributed by atoms with Crippen LogP contribution < -0.4 is 9.46 Å². The minimum Gasteiger partial charge on any atom is -0.495 e. The topological polar surface area (TPSA) is 84.9 Å². The molecule has 1 saturated heterocycles. The van der Waals surface area contributed by atoms with Crippen LogP contribution in [0.2, 0.25) is 0 Å². The number of benzene rings is 1. The minimum absolute atomic E-state index is 0.114. The van der Waals surface area contributed by atoms with Crippen molar-refractivity contribution in [3.8, 4) is 5.75 Å². The number of likely N-dealkylation sites (N-methyl/N-ethyl adjacent to an activating group) is 1. The van der Waals surface area contributed by atoms with E-state index in [-0.39, 0.29) is 23.6 Å². The van der Waals surface area contributed by atoms with Gasteiger partial charge in [-0.05, 0) is 43.5 Å². The van der Waals surface area contributed by atoms with Crippen molar-refractivity contribution in [2.75, 3.05) is 27.2 Å². The number of nitrogens with one attached hydrogen (secondary N) is 1. The number of methoxy groups -OCH3 is 1. The van der Waals surface area contributed by atoms with E-state index >= 15 is 0 Å². The van der Waals surface area contributed by atoms with Gasteiger partial charge in [0, 0.05) is 13.6 Å². The molecule has 7 nitrogen and oxygen atoms in total. The lowest BCUT2D eigenvalue weighted by molar-refractivity contribution is 0.131. The Kier molecular flexibility index (Phi) is 5.16. The first kappa shape index (κ1) is 17.6. The third kappa shape index (κ3) is 3.94. The summed E-state index contributed by atoms with van der Waals surface area (Å²) in [5, 5.41) is 0. The molecule has 2 rings (SSSR count). The average Bonchev–Trinajstić information content (AvgIpc) is 2.79. The number of sulfonamides is 1. The number of cyclic esters (lactones) is 1. The summed E-state index contributed by atoms with van der Waals surface area (Å²) in [6.45, 7) is 4.39. The van der Waals surface area contributed by atoms with Crippen LogP contribution in [0, 0.1) is 13.8 Å². The molecule has 128 valence electrons. The van der Waals surface area contributed by atoms with Crippen LogP contribution in [-0.2, 0) is 14.8 Å². The highest BCUT2D eigenvalue weighted by molar-refractivity contribution is 7.89. The molecule has 0 spiro atoms. The number of carbonyl (C=O) groups is 1. The zero-order valence-corrected chi connectivity index (χ0v) is 14.6. The number of ether oxygens (including phenoxy) is 2. The molecule has 1 unspecified atom stereocenters. The second-order valence-electron chi connectivity index (χ2n) is 5.66. The van der Waals surface area contributed by atoms with Crippen molar-refractivity contribution in [2.24, 2.45) is 0 Å². The van der Waals surface area contributed by atoms with E-state index < -0.39 is 10.0 Å². The minimum atomic E-state index is -3.69. The van der Waals surface area contributed by atoms with Gasteiger partial charge in [-0.1, -0.05) is 0 Å². The number of rotatable bonds is 6. The van der Waals surface area contributed by atoms with E-state index in [0.29, 0.717) is 18.7 Å². The van der Waals surface area contributed by atoms with Crippen molar-refractivity contribution < 1.29 is 22.7 Å². The fraction of sp³-hybridized carbons (Fsp3) is 0.533. The van der Waals surface area contributed by atoms with E-state index in [1.54, 1.807) is 19.2 Å². The van der Waals surface area contributed by atoms with Crippen LogP contribution >= 0.6 is 0 Å². The van der Waals surface area contributed by atoms with Crippen LogP contribution in [-0.4, -0.2) is 52.8 Å². The molecule has 0 aromatic heterocycles. The standard InChI is InChI=1S/C15H22N2O5S/c1-10-7-13(21-4)14(8-11(10)2)23(19,20)16-6-5-12-9-17(3)15(18)22-12/h7-8,12,16H,5-6,9H2,1-4H3. The molecule has 8 heteroatoms. The van der Waals surface area contributed by atoms with Crippen molar-refractivity contribution in [3.63, 3.8) is 0 Å². The van der Waals surface area contributed by atoms with Crippen LogP contribution in [0.15, 0.2) is 17.0 Å². The Morgan fingerprint density at radius 1 is 1.35 bits per heavy atom. The summed E-state index contributed by atoms with van der Waals surface area (Å²) in [6.07, 6.45) is -0.256. The lowest BCUT2D eigenvalue weighted by Gasteiger charge is -2.14. The summed E-state index contributed by atoms with van der Waals surface area (Å²) >= 11 is 0. The maximum Gasteiger partial charge on any atom is 0.409 e. The molecule has 23 heavy (non-hydrogen) atoms. The van der Waals surface area contributed by atoms with Gasteiger partial charge in [0.05, 0.1) is 13.7 Å². The second kappa shape index (κ2) is 6.76. The van der Waals surface area contributed by atoms with Gasteiger partial charge >= 0.3 is 6.09 Å². The van der Waals surface area contributed by atoms with Gasteiger partial charge in [-0.3, -0.25) is 0 Å². The van der Waals surface area contributed by atoms with Gasteiger partial charge in [0.15, 0.2) is 0 Å². The van der Waals surface area contributed by atoms with E-state index in [2.05, 4.69) is 4.72 Å². The van der Waals surface area contributed by atoms with Crippen LogP contribution in [0.3, 0.4) is 0 Å². The lowest BCUT2D eigenvalue weighted by Crippen LogP contribution is -2.29. The van der Waals surface area contributed by atoms with Crippen molar-refractivity contribution in [3.05, 3.63) is 23.3 Å². The summed E-state index contributed by atoms with van der Waals surface area (Å²) in [7, 11) is -0.603. The van der Waals surface area contributed by atoms with Crippen LogP contribution in [0.1, 0.15) is 17.5 Å². The van der Waals surface area contributed by atoms with Crippen molar-refractivity contribution in [2.45, 2.75) is 31.3 Å². The fourth-order valence-electron chi connectivity index (χ4n) is 2.36. The normalized spacial score (nSPS) is 18.2. The quantitative estimate of drug-likeness (QED) is 0.845. The lowest BCUT2D eigenvalue weighted by atomic mass is 10.1. The highest BCUT2D eigenvalue weighted by Crippen LogP contribution is 2.27. The van der Waals surface area contributed by atoms with Crippen molar-refractivity contribution in [1.82, 2.24) is 9.62 Å². The smallest absolute Gasteiger partial charge is 0.409 e. The Morgan fingerprint density at radius 2 is 2.00 bits per heavy atom. The molecule has 1 aromatic rings. The summed E-state index contributed by atoms with van der Waals surface area (Å²) in [5.74, 6) is 0.313. The first-order valence-corrected chi connectivity index (χ1v) is 8.79. The Balaban J connectivity index is 2.05. The molecule has 1 atom stereocenters. The van der Waals surface area contributed by atoms with Crippen molar-refractivity contribution in [1.29, 1.82) is 0 Å². The Hall–Kier alpha value is -1.80. The molecular formula is C15H22N2O5S. The van der Waals surface area contributed by atoms with Gasteiger partial charge in [-0.2, -0.15) is 0 Å². The molecule has 1 amide bonds. The molecule has 1 fully saturated rings. The van der Waals surface area contributed by atoms with Crippen LogP contribution in [0.5, 0.6) is 5.75 Å². The zero-order valence-electron chi connectivity index (χ0n) is 13.8. The number of amides is 1. The summed E-state index contributed by atoms with van der Waals surface area (Å²) in [4.78, 5) is 12.8. The van der Waals surface area contributed by atoms with E-state index in [0.717, 1.165) is 11.1 Å². The van der Waals surface area contributed by atoms with Gasteiger partial charge in [0.25, 0.3) is 0 Å². The van der Waals surface area contributed by atoms with Gasteiger partial charge in [-0.15, -0.1) is 0 Å². The highest BCUT2D eigenvalue weighted by Gasteiger charge is 2.28. The third-order valence-electron chi connectivity index (χ3n) is 3.88. The Morgan fingerprint density at radius 3 is 2.57 bits per heavy atom. The molecule has 0 bridgehead atoms. The Labute approximate surface area is 136 Å². The first-order valence-electron chi connectivity index (χ1n) is 7.31. The summed E-state index contributed by atoms with van der Waals surface area (Å²) < 4.78 is 37.8. The molecule has 0 aliphatic carbocycles. The number of hydrogen-bond donors (Lipinski definition) is 1. The number of nitrogens with zero attached hydrogens (tertiary/aromatic N) is 1. The SMILES string of the molecule is COc1cc(C)c(C)cc1S(=O)(=O)NCCC1CN(C)C(=O)O1. The zero-order chi connectivity index (χ0) is 17.2. The van der Waals surface area contributed by atoms with E-state index in [1.807, 2.05) is 13.8 Å². The molecule has 1 N–H and O–H groups in total. The Bertz CT molecular complexity index is 702. The molecular weight excluding hydrogens is 320 g/mol. The molecule has 1 aliphatic heterocycles. The van der Waals surface area contributed by atoms with Gasteiger partial charge < -0.3 is 14.4 Å². The molecule has 1 aromatic carbocycles. The highest BCUT2D eigenvalue weighted by atomic mass is 32.2. The summed E-state index contributed by atoms with van der Waals surface area (Å²) in [6, 6.07) is 3.30. The predicted octanol–water partition coefficient (Wildman–Crippen LogP) is 1.43. The van der Waals surface area contributed by atoms with Gasteiger partial charge in [0.1, 0.15) is 16.7 Å². The van der Waals surface area contributed by atoms with E-state index in [9.17, 15) is 13.2 Å². The van der Waals surface area contributed by atoms with Crippen molar-refractivity contribution >= 4 is 16.1 Å². The predicted molar refractivity (Wildman–Crippen MR) is 85.2 cm³/mol. The second-order valence-corrected chi connectivity index (χ2v) is 7.40. The number of hydrogen-bond acceptors (Lipinski definition) is 5. The van der Waals surface area contributed by atoms with Crippen LogP contribution in [0.25, 0.3) is 0 Å². The maximum atomic E-state index is 12.5. The van der Waals surface area contributed by atoms with Gasteiger partial charge in [0.2, 0.25) is 10.0 Å². The maximum absolute atomic E-state index is 12.5. The van der Waals surface area contributed by atoms with Crippen LogP contribution in [0.4, 0.5) is 4.79 Å². The summed E-state index contributed by atoms with van der Waals surface area (Å²) in [5.41, 5.74) is 1.83. The fourth-order valence-corrected chi connectivity index (χ4v) is 3.65.